The number of hydrogen-bond acceptors (Lipinski definition) is 5. The Morgan fingerprint density at radius 1 is 1.23 bits per heavy atom. The van der Waals surface area contributed by atoms with Gasteiger partial charge in [-0.2, -0.15) is 0 Å². The predicted molar refractivity (Wildman–Crippen MR) is 113 cm³/mol. The van der Waals surface area contributed by atoms with E-state index < -0.39 is 11.8 Å². The standard InChI is InChI=1S/C23H31N3O5/c1-16-4-3-5-18(14-16)22(29)26-19(20(27)24-10-13-30-2)15-31-23(26)8-11-25(12-9-23)21(28)17-6-7-17/h3-5,14,17,19H,6-13,15H2,1-2H3,(H,24,27). The molecule has 168 valence electrons. The van der Waals surface area contributed by atoms with Crippen LogP contribution in [0.15, 0.2) is 24.3 Å². The maximum absolute atomic E-state index is 13.6. The molecule has 1 aromatic rings. The molecule has 0 radical (unpaired) electrons. The van der Waals surface area contributed by atoms with Gasteiger partial charge < -0.3 is 19.7 Å². The molecule has 4 rings (SSSR count). The highest BCUT2D eigenvalue weighted by Gasteiger charge is 2.54. The Morgan fingerprint density at radius 2 is 1.97 bits per heavy atom. The minimum absolute atomic E-state index is 0.146. The van der Waals surface area contributed by atoms with E-state index in [1.807, 2.05) is 30.0 Å². The maximum atomic E-state index is 13.6. The number of rotatable bonds is 6. The molecular formula is C23H31N3O5. The SMILES string of the molecule is COCCNC(=O)C1COC2(CCN(C(=O)C3CC3)CC2)N1C(=O)c1cccc(C)c1. The summed E-state index contributed by atoms with van der Waals surface area (Å²) >= 11 is 0. The number of ether oxygens (including phenoxy) is 2. The highest BCUT2D eigenvalue weighted by atomic mass is 16.5. The average Bonchev–Trinajstić information content (AvgIpc) is 3.56. The minimum atomic E-state index is -0.871. The van der Waals surface area contributed by atoms with E-state index in [1.165, 1.54) is 0 Å². The van der Waals surface area contributed by atoms with Crippen LogP contribution in [0.3, 0.4) is 0 Å². The second-order valence-electron chi connectivity index (χ2n) is 8.70. The minimum Gasteiger partial charge on any atom is -0.383 e. The number of nitrogens with zero attached hydrogens (tertiary/aromatic N) is 2. The van der Waals surface area contributed by atoms with E-state index in [0.717, 1.165) is 18.4 Å². The third kappa shape index (κ3) is 4.45. The Balaban J connectivity index is 1.56. The van der Waals surface area contributed by atoms with Crippen LogP contribution in [-0.2, 0) is 19.1 Å². The molecule has 1 saturated carbocycles. The van der Waals surface area contributed by atoms with E-state index >= 15 is 0 Å². The van der Waals surface area contributed by atoms with E-state index in [4.69, 9.17) is 9.47 Å². The van der Waals surface area contributed by atoms with Crippen molar-refractivity contribution in [3.8, 4) is 0 Å². The Kier molecular flexibility index (Phi) is 6.29. The Labute approximate surface area is 182 Å². The topological polar surface area (TPSA) is 88.2 Å². The number of carbonyl (C=O) groups excluding carboxylic acids is 3. The number of nitrogens with one attached hydrogen (secondary N) is 1. The van der Waals surface area contributed by atoms with Crippen LogP contribution in [0.1, 0.15) is 41.6 Å². The Bertz CT molecular complexity index is 845. The zero-order valence-corrected chi connectivity index (χ0v) is 18.3. The van der Waals surface area contributed by atoms with Gasteiger partial charge >= 0.3 is 0 Å². The third-order valence-electron chi connectivity index (χ3n) is 6.44. The van der Waals surface area contributed by atoms with E-state index in [-0.39, 0.29) is 30.2 Å². The van der Waals surface area contributed by atoms with Crippen LogP contribution < -0.4 is 5.32 Å². The normalized spacial score (nSPS) is 22.6. The van der Waals surface area contributed by atoms with Crippen molar-refractivity contribution < 1.29 is 23.9 Å². The van der Waals surface area contributed by atoms with Gasteiger partial charge in [-0.05, 0) is 31.9 Å². The van der Waals surface area contributed by atoms with E-state index in [2.05, 4.69) is 5.32 Å². The number of likely N-dealkylation sites (tertiary alicyclic amines) is 1. The quantitative estimate of drug-likeness (QED) is 0.690. The molecule has 0 aromatic heterocycles. The van der Waals surface area contributed by atoms with Crippen LogP contribution >= 0.6 is 0 Å². The lowest BCUT2D eigenvalue weighted by atomic mass is 9.96. The zero-order valence-electron chi connectivity index (χ0n) is 18.3. The van der Waals surface area contributed by atoms with Crippen molar-refractivity contribution in [1.82, 2.24) is 15.1 Å². The first kappa shape index (κ1) is 21.8. The number of piperidine rings is 1. The molecular weight excluding hydrogens is 398 g/mol. The van der Waals surface area contributed by atoms with Gasteiger partial charge in [0.25, 0.3) is 5.91 Å². The van der Waals surface area contributed by atoms with E-state index in [1.54, 1.807) is 18.1 Å². The number of carbonyl (C=O) groups is 3. The molecule has 1 atom stereocenters. The van der Waals surface area contributed by atoms with Crippen LogP contribution in [0.4, 0.5) is 0 Å². The second kappa shape index (κ2) is 8.96. The van der Waals surface area contributed by atoms with Crippen molar-refractivity contribution in [2.24, 2.45) is 5.92 Å². The lowest BCUT2D eigenvalue weighted by Crippen LogP contribution is -2.60. The molecule has 8 heteroatoms. The van der Waals surface area contributed by atoms with E-state index in [9.17, 15) is 14.4 Å². The summed E-state index contributed by atoms with van der Waals surface area (Å²) in [5.74, 6) is -0.0809. The van der Waals surface area contributed by atoms with Gasteiger partial charge in [0, 0.05) is 51.1 Å². The van der Waals surface area contributed by atoms with Crippen molar-refractivity contribution >= 4 is 17.7 Å². The van der Waals surface area contributed by atoms with Gasteiger partial charge in [0.15, 0.2) is 0 Å². The van der Waals surface area contributed by atoms with Crippen LogP contribution in [-0.4, -0.2) is 79.2 Å². The molecule has 2 saturated heterocycles. The molecule has 31 heavy (non-hydrogen) atoms. The molecule has 8 nitrogen and oxygen atoms in total. The average molecular weight is 430 g/mol. The molecule has 3 aliphatic rings. The Morgan fingerprint density at radius 3 is 2.61 bits per heavy atom. The zero-order chi connectivity index (χ0) is 22.0. The van der Waals surface area contributed by atoms with Gasteiger partial charge in [0.2, 0.25) is 11.8 Å². The number of amides is 3. The number of benzene rings is 1. The maximum Gasteiger partial charge on any atom is 0.256 e. The summed E-state index contributed by atoms with van der Waals surface area (Å²) in [4.78, 5) is 42.5. The molecule has 1 N–H and O–H groups in total. The van der Waals surface area contributed by atoms with E-state index in [0.29, 0.717) is 44.6 Å². The first-order valence-electron chi connectivity index (χ1n) is 11.0. The Hall–Kier alpha value is -2.45. The lowest BCUT2D eigenvalue weighted by Gasteiger charge is -2.44. The van der Waals surface area contributed by atoms with Crippen molar-refractivity contribution in [2.45, 2.75) is 44.4 Å². The van der Waals surface area contributed by atoms with Gasteiger partial charge in [-0.1, -0.05) is 17.7 Å². The van der Waals surface area contributed by atoms with Crippen molar-refractivity contribution in [3.63, 3.8) is 0 Å². The molecule has 0 bridgehead atoms. The summed E-state index contributed by atoms with van der Waals surface area (Å²) in [6.07, 6.45) is 2.95. The summed E-state index contributed by atoms with van der Waals surface area (Å²) in [6, 6.07) is 6.67. The van der Waals surface area contributed by atoms with Crippen molar-refractivity contribution in [3.05, 3.63) is 35.4 Å². The fourth-order valence-corrected chi connectivity index (χ4v) is 4.54. The van der Waals surface area contributed by atoms with Crippen LogP contribution in [0.25, 0.3) is 0 Å². The fourth-order valence-electron chi connectivity index (χ4n) is 4.54. The van der Waals surface area contributed by atoms with Crippen LogP contribution in [0.5, 0.6) is 0 Å². The van der Waals surface area contributed by atoms with Gasteiger partial charge in [0.05, 0.1) is 13.2 Å². The highest BCUT2D eigenvalue weighted by Crippen LogP contribution is 2.40. The summed E-state index contributed by atoms with van der Waals surface area (Å²) < 4.78 is 11.2. The number of aryl methyl sites for hydroxylation is 1. The molecule has 2 aliphatic heterocycles. The van der Waals surface area contributed by atoms with Gasteiger partial charge in [-0.15, -0.1) is 0 Å². The first-order valence-corrected chi connectivity index (χ1v) is 11.0. The molecule has 2 heterocycles. The molecule has 1 unspecified atom stereocenters. The van der Waals surface area contributed by atoms with Crippen LogP contribution in [0, 0.1) is 12.8 Å². The number of methoxy groups -OCH3 is 1. The lowest BCUT2D eigenvalue weighted by molar-refractivity contribution is -0.144. The van der Waals surface area contributed by atoms with Crippen molar-refractivity contribution in [1.29, 1.82) is 0 Å². The summed E-state index contributed by atoms with van der Waals surface area (Å²) in [5, 5.41) is 2.84. The third-order valence-corrected chi connectivity index (χ3v) is 6.44. The second-order valence-corrected chi connectivity index (χ2v) is 8.70. The van der Waals surface area contributed by atoms with Crippen molar-refractivity contribution in [2.75, 3.05) is 40.0 Å². The smallest absolute Gasteiger partial charge is 0.256 e. The monoisotopic (exact) mass is 429 g/mol. The fraction of sp³-hybridized carbons (Fsp3) is 0.609. The molecule has 1 aliphatic carbocycles. The summed E-state index contributed by atoms with van der Waals surface area (Å²) in [5.41, 5.74) is 0.645. The largest absolute Gasteiger partial charge is 0.383 e. The van der Waals surface area contributed by atoms with Gasteiger partial charge in [0.1, 0.15) is 11.8 Å². The number of hydrogen-bond donors (Lipinski definition) is 1. The summed E-state index contributed by atoms with van der Waals surface area (Å²) in [6.45, 7) is 3.91. The van der Waals surface area contributed by atoms with Gasteiger partial charge in [-0.3, -0.25) is 19.3 Å². The molecule has 3 fully saturated rings. The summed E-state index contributed by atoms with van der Waals surface area (Å²) in [7, 11) is 1.57. The molecule has 1 aromatic carbocycles. The van der Waals surface area contributed by atoms with Gasteiger partial charge in [-0.25, -0.2) is 0 Å². The molecule has 3 amide bonds. The molecule has 1 spiro atoms. The first-order chi connectivity index (χ1) is 14.9. The predicted octanol–water partition coefficient (Wildman–Crippen LogP) is 1.33. The van der Waals surface area contributed by atoms with Crippen LogP contribution in [0.2, 0.25) is 0 Å². The highest BCUT2D eigenvalue weighted by molar-refractivity contribution is 5.98.